The Morgan fingerprint density at radius 3 is 2.80 bits per heavy atom. The largest absolute Gasteiger partial charge is 0.248 e. The number of nitrogens with zero attached hydrogens (tertiary/aromatic N) is 3. The predicted molar refractivity (Wildman–Crippen MR) is 85.2 cm³/mol. The van der Waals surface area contributed by atoms with Crippen molar-refractivity contribution in [2.24, 2.45) is 0 Å². The molecule has 3 aromatic heterocycles. The van der Waals surface area contributed by atoms with Gasteiger partial charge in [0.05, 0.1) is 5.02 Å². The van der Waals surface area contributed by atoms with Gasteiger partial charge < -0.3 is 0 Å². The number of aromatic nitrogens is 3. The van der Waals surface area contributed by atoms with Crippen LogP contribution in [0.5, 0.6) is 0 Å². The van der Waals surface area contributed by atoms with Crippen molar-refractivity contribution in [3.8, 4) is 0 Å². The van der Waals surface area contributed by atoms with E-state index >= 15 is 0 Å². The molecule has 0 fully saturated rings. The molecule has 102 valence electrons. The summed E-state index contributed by atoms with van der Waals surface area (Å²) >= 11 is 15.0. The molecule has 0 aromatic carbocycles. The lowest BCUT2D eigenvalue weighted by Gasteiger charge is -2.02. The van der Waals surface area contributed by atoms with E-state index in [1.807, 2.05) is 12.1 Å². The van der Waals surface area contributed by atoms with E-state index in [0.29, 0.717) is 5.02 Å². The average Bonchev–Trinajstić information content (AvgIpc) is 2.84. The number of thiophene rings is 1. The van der Waals surface area contributed by atoms with Gasteiger partial charge in [-0.1, -0.05) is 18.5 Å². The minimum absolute atomic E-state index is 0.262. The number of pyridine rings is 1. The van der Waals surface area contributed by atoms with Crippen LogP contribution in [0, 0.1) is 0 Å². The van der Waals surface area contributed by atoms with Crippen LogP contribution >= 0.6 is 46.3 Å². The molecule has 3 rings (SSSR count). The van der Waals surface area contributed by atoms with Gasteiger partial charge in [-0.05, 0) is 48.0 Å². The van der Waals surface area contributed by atoms with Crippen molar-refractivity contribution in [3.05, 3.63) is 39.6 Å². The summed E-state index contributed by atoms with van der Waals surface area (Å²) < 4.78 is 0. The Hall–Kier alpha value is -0.880. The Bertz CT molecular complexity index is 756. The van der Waals surface area contributed by atoms with Gasteiger partial charge in [-0.25, -0.2) is 15.0 Å². The number of hydrogen-bond donors (Lipinski definition) is 0. The van der Waals surface area contributed by atoms with Gasteiger partial charge in [0.2, 0.25) is 5.28 Å². The first kappa shape index (κ1) is 14.1. The highest BCUT2D eigenvalue weighted by atomic mass is 35.5. The fraction of sp³-hybridized carbons (Fsp3) is 0.154. The van der Waals surface area contributed by atoms with Crippen LogP contribution in [0.4, 0.5) is 0 Å². The fourth-order valence-corrected chi connectivity index (χ4v) is 3.94. The van der Waals surface area contributed by atoms with Crippen LogP contribution in [0.1, 0.15) is 11.8 Å². The van der Waals surface area contributed by atoms with Crippen molar-refractivity contribution < 1.29 is 0 Å². The molecule has 0 aliphatic heterocycles. The highest BCUT2D eigenvalue weighted by Gasteiger charge is 2.12. The van der Waals surface area contributed by atoms with Gasteiger partial charge in [0.1, 0.15) is 14.9 Å². The molecule has 20 heavy (non-hydrogen) atoms. The second-order valence-corrected chi connectivity index (χ2v) is 6.90. The summed E-state index contributed by atoms with van der Waals surface area (Å²) in [5, 5.41) is 3.56. The Labute approximate surface area is 134 Å². The van der Waals surface area contributed by atoms with Crippen molar-refractivity contribution in [1.29, 1.82) is 0 Å². The van der Waals surface area contributed by atoms with Crippen molar-refractivity contribution in [2.45, 2.75) is 23.4 Å². The number of rotatable bonds is 3. The standard InChI is InChI=1S/C13H9Cl2N3S2/c1-2-8-5-9-11(19-8)17-13(15)18-12(9)20-10-4-3-7(14)6-16-10/h3-6H,2H2,1H3. The van der Waals surface area contributed by atoms with Crippen LogP contribution < -0.4 is 0 Å². The van der Waals surface area contributed by atoms with Gasteiger partial charge in [-0.15, -0.1) is 11.3 Å². The quantitative estimate of drug-likeness (QED) is 0.490. The average molecular weight is 342 g/mol. The first-order valence-corrected chi connectivity index (χ1v) is 8.30. The van der Waals surface area contributed by atoms with E-state index in [1.165, 1.54) is 16.6 Å². The van der Waals surface area contributed by atoms with Crippen LogP contribution in [-0.2, 0) is 6.42 Å². The summed E-state index contributed by atoms with van der Waals surface area (Å²) in [6.45, 7) is 2.12. The van der Waals surface area contributed by atoms with Crippen molar-refractivity contribution in [2.75, 3.05) is 0 Å². The van der Waals surface area contributed by atoms with Gasteiger partial charge in [0.25, 0.3) is 0 Å². The Morgan fingerprint density at radius 2 is 2.10 bits per heavy atom. The number of hydrogen-bond acceptors (Lipinski definition) is 5. The molecule has 0 bridgehead atoms. The Morgan fingerprint density at radius 1 is 1.25 bits per heavy atom. The smallest absolute Gasteiger partial charge is 0.224 e. The molecule has 0 aliphatic rings. The monoisotopic (exact) mass is 341 g/mol. The number of halogens is 2. The molecule has 0 atom stereocenters. The fourth-order valence-electron chi connectivity index (χ4n) is 1.69. The highest BCUT2D eigenvalue weighted by Crippen LogP contribution is 2.35. The number of aryl methyl sites for hydroxylation is 1. The van der Waals surface area contributed by atoms with Crippen LogP contribution in [0.2, 0.25) is 10.3 Å². The van der Waals surface area contributed by atoms with Gasteiger partial charge in [-0.3, -0.25) is 0 Å². The molecule has 0 N–H and O–H groups in total. The lowest BCUT2D eigenvalue weighted by atomic mass is 10.3. The topological polar surface area (TPSA) is 38.7 Å². The van der Waals surface area contributed by atoms with Gasteiger partial charge in [0.15, 0.2) is 0 Å². The molecule has 3 aromatic rings. The summed E-state index contributed by atoms with van der Waals surface area (Å²) in [5.74, 6) is 0. The van der Waals surface area contributed by atoms with Crippen molar-refractivity contribution in [1.82, 2.24) is 15.0 Å². The van der Waals surface area contributed by atoms with Crippen LogP contribution in [0.25, 0.3) is 10.2 Å². The normalized spacial score (nSPS) is 11.2. The van der Waals surface area contributed by atoms with E-state index in [9.17, 15) is 0 Å². The molecular formula is C13H9Cl2N3S2. The third-order valence-corrected chi connectivity index (χ3v) is 5.15. The summed E-state index contributed by atoms with van der Waals surface area (Å²) in [4.78, 5) is 15.0. The minimum Gasteiger partial charge on any atom is -0.248 e. The second kappa shape index (κ2) is 5.85. The van der Waals surface area contributed by atoms with E-state index in [-0.39, 0.29) is 5.28 Å². The van der Waals surface area contributed by atoms with Crippen LogP contribution in [0.3, 0.4) is 0 Å². The van der Waals surface area contributed by atoms with E-state index in [0.717, 1.165) is 26.7 Å². The lowest BCUT2D eigenvalue weighted by Crippen LogP contribution is -1.87. The van der Waals surface area contributed by atoms with E-state index in [2.05, 4.69) is 27.9 Å². The lowest BCUT2D eigenvalue weighted by molar-refractivity contribution is 1.08. The molecule has 0 unspecified atom stereocenters. The summed E-state index contributed by atoms with van der Waals surface area (Å²) in [5.41, 5.74) is 0. The molecule has 0 spiro atoms. The third kappa shape index (κ3) is 2.91. The maximum Gasteiger partial charge on any atom is 0.224 e. The van der Waals surface area contributed by atoms with Crippen LogP contribution in [0.15, 0.2) is 34.4 Å². The molecule has 0 amide bonds. The summed E-state index contributed by atoms with van der Waals surface area (Å²) in [6, 6.07) is 5.79. The summed E-state index contributed by atoms with van der Waals surface area (Å²) in [7, 11) is 0. The van der Waals surface area contributed by atoms with Crippen molar-refractivity contribution in [3.63, 3.8) is 0 Å². The second-order valence-electron chi connectivity index (χ2n) is 4.00. The minimum atomic E-state index is 0.262. The maximum atomic E-state index is 6.00. The third-order valence-electron chi connectivity index (χ3n) is 2.63. The molecule has 0 radical (unpaired) electrons. The maximum absolute atomic E-state index is 6.00. The number of fused-ring (bicyclic) bond motifs is 1. The Balaban J connectivity index is 2.05. The zero-order valence-corrected chi connectivity index (χ0v) is 13.6. The molecule has 0 saturated carbocycles. The molecule has 3 nitrogen and oxygen atoms in total. The SMILES string of the molecule is CCc1cc2c(Sc3ccc(Cl)cn3)nc(Cl)nc2s1. The van der Waals surface area contributed by atoms with Gasteiger partial charge >= 0.3 is 0 Å². The van der Waals surface area contributed by atoms with Crippen LogP contribution in [-0.4, -0.2) is 15.0 Å². The van der Waals surface area contributed by atoms with E-state index in [4.69, 9.17) is 23.2 Å². The summed E-state index contributed by atoms with van der Waals surface area (Å²) in [6.07, 6.45) is 2.59. The van der Waals surface area contributed by atoms with Gasteiger partial charge in [0, 0.05) is 16.5 Å². The molecule has 7 heteroatoms. The molecular weight excluding hydrogens is 333 g/mol. The zero-order valence-electron chi connectivity index (χ0n) is 10.4. The van der Waals surface area contributed by atoms with E-state index < -0.39 is 0 Å². The van der Waals surface area contributed by atoms with E-state index in [1.54, 1.807) is 17.5 Å². The molecule has 3 heterocycles. The molecule has 0 aliphatic carbocycles. The highest BCUT2D eigenvalue weighted by molar-refractivity contribution is 7.99. The first-order valence-electron chi connectivity index (χ1n) is 5.91. The first-order chi connectivity index (χ1) is 9.65. The van der Waals surface area contributed by atoms with Gasteiger partial charge in [-0.2, -0.15) is 0 Å². The zero-order chi connectivity index (χ0) is 14.1. The Kier molecular flexibility index (Phi) is 4.12. The predicted octanol–water partition coefficient (Wildman–Crippen LogP) is 5.11. The van der Waals surface area contributed by atoms with Crippen molar-refractivity contribution >= 4 is 56.5 Å². The molecule has 0 saturated heterocycles.